The molecule has 0 saturated carbocycles. The standard InChI is InChI=1S/C19H21ClN2O4S/c1-19(2)18(23)21(3)12-13-22(19)27(24,25)17-10-8-16(9-11-17)26-15-6-4-14(20)5-7-15/h4-11H,12-13H2,1-3H3. The largest absolute Gasteiger partial charge is 0.457 e. The molecular weight excluding hydrogens is 388 g/mol. The summed E-state index contributed by atoms with van der Waals surface area (Å²) in [6, 6.07) is 13.0. The van der Waals surface area contributed by atoms with Gasteiger partial charge in [-0.25, -0.2) is 8.42 Å². The highest BCUT2D eigenvalue weighted by Crippen LogP contribution is 2.30. The zero-order valence-corrected chi connectivity index (χ0v) is 16.9. The zero-order chi connectivity index (χ0) is 19.8. The van der Waals surface area contributed by atoms with Gasteiger partial charge in [-0.05, 0) is 62.4 Å². The first-order chi connectivity index (χ1) is 12.6. The van der Waals surface area contributed by atoms with E-state index in [0.717, 1.165) is 0 Å². The van der Waals surface area contributed by atoms with Gasteiger partial charge in [-0.15, -0.1) is 0 Å². The lowest BCUT2D eigenvalue weighted by atomic mass is 10.0. The van der Waals surface area contributed by atoms with Crippen LogP contribution in [0.1, 0.15) is 13.8 Å². The number of carbonyl (C=O) groups is 1. The van der Waals surface area contributed by atoms with Crippen LogP contribution in [0.5, 0.6) is 11.5 Å². The predicted octanol–water partition coefficient (Wildman–Crippen LogP) is 3.37. The molecule has 3 rings (SSSR count). The minimum absolute atomic E-state index is 0.122. The van der Waals surface area contributed by atoms with Crippen molar-refractivity contribution < 1.29 is 17.9 Å². The summed E-state index contributed by atoms with van der Waals surface area (Å²) in [5.41, 5.74) is -1.13. The number of hydrogen-bond donors (Lipinski definition) is 0. The van der Waals surface area contributed by atoms with Gasteiger partial charge in [0.05, 0.1) is 4.90 Å². The Morgan fingerprint density at radius 2 is 1.48 bits per heavy atom. The summed E-state index contributed by atoms with van der Waals surface area (Å²) in [4.78, 5) is 14.1. The van der Waals surface area contributed by atoms with Gasteiger partial charge in [0.25, 0.3) is 0 Å². The number of benzene rings is 2. The van der Waals surface area contributed by atoms with Crippen LogP contribution in [-0.2, 0) is 14.8 Å². The van der Waals surface area contributed by atoms with Crippen LogP contribution in [-0.4, -0.2) is 49.2 Å². The first-order valence-corrected chi connectivity index (χ1v) is 10.3. The fourth-order valence-electron chi connectivity index (χ4n) is 3.06. The maximum absolute atomic E-state index is 13.1. The molecule has 1 saturated heterocycles. The zero-order valence-electron chi connectivity index (χ0n) is 15.3. The summed E-state index contributed by atoms with van der Waals surface area (Å²) < 4.78 is 33.1. The van der Waals surface area contributed by atoms with E-state index < -0.39 is 15.6 Å². The molecule has 0 unspecified atom stereocenters. The van der Waals surface area contributed by atoms with Gasteiger partial charge < -0.3 is 9.64 Å². The number of ether oxygens (including phenoxy) is 1. The number of likely N-dealkylation sites (N-methyl/N-ethyl adjacent to an activating group) is 1. The number of hydrogen-bond acceptors (Lipinski definition) is 4. The average Bonchev–Trinajstić information content (AvgIpc) is 2.62. The van der Waals surface area contributed by atoms with Crippen LogP contribution in [0.3, 0.4) is 0 Å². The van der Waals surface area contributed by atoms with Gasteiger partial charge in [0.2, 0.25) is 15.9 Å². The summed E-state index contributed by atoms with van der Waals surface area (Å²) in [5, 5.41) is 0.605. The monoisotopic (exact) mass is 408 g/mol. The van der Waals surface area contributed by atoms with Crippen molar-refractivity contribution in [3.63, 3.8) is 0 Å². The SMILES string of the molecule is CN1CCN(S(=O)(=O)c2ccc(Oc3ccc(Cl)cc3)cc2)C(C)(C)C1=O. The number of carbonyl (C=O) groups excluding carboxylic acids is 1. The molecule has 0 spiro atoms. The van der Waals surface area contributed by atoms with Crippen molar-refractivity contribution in [2.45, 2.75) is 24.3 Å². The molecule has 2 aromatic rings. The smallest absolute Gasteiger partial charge is 0.244 e. The van der Waals surface area contributed by atoms with Crippen LogP contribution in [0.2, 0.25) is 5.02 Å². The third-order valence-electron chi connectivity index (χ3n) is 4.59. The van der Waals surface area contributed by atoms with E-state index in [-0.39, 0.29) is 17.3 Å². The second kappa shape index (κ2) is 7.14. The van der Waals surface area contributed by atoms with E-state index in [9.17, 15) is 13.2 Å². The Morgan fingerprint density at radius 1 is 0.963 bits per heavy atom. The Hall–Kier alpha value is -2.09. The molecule has 1 amide bonds. The van der Waals surface area contributed by atoms with Crippen LogP contribution in [0.15, 0.2) is 53.4 Å². The molecule has 0 radical (unpaired) electrons. The molecule has 144 valence electrons. The predicted molar refractivity (Wildman–Crippen MR) is 104 cm³/mol. The highest BCUT2D eigenvalue weighted by Gasteiger charge is 2.46. The Morgan fingerprint density at radius 3 is 2.04 bits per heavy atom. The minimum Gasteiger partial charge on any atom is -0.457 e. The van der Waals surface area contributed by atoms with Crippen LogP contribution in [0.4, 0.5) is 0 Å². The Bertz CT molecular complexity index is 941. The molecule has 1 aliphatic rings. The molecule has 1 aliphatic heterocycles. The number of sulfonamides is 1. The lowest BCUT2D eigenvalue weighted by Gasteiger charge is -2.43. The number of nitrogens with zero attached hydrogens (tertiary/aromatic N) is 2. The van der Waals surface area contributed by atoms with Gasteiger partial charge in [-0.3, -0.25) is 4.79 Å². The van der Waals surface area contributed by atoms with Gasteiger partial charge >= 0.3 is 0 Å². The van der Waals surface area contributed by atoms with Gasteiger partial charge in [-0.1, -0.05) is 11.6 Å². The molecule has 2 aromatic carbocycles. The van der Waals surface area contributed by atoms with Crippen molar-refractivity contribution in [2.24, 2.45) is 0 Å². The number of rotatable bonds is 4. The van der Waals surface area contributed by atoms with Crippen molar-refractivity contribution in [3.05, 3.63) is 53.6 Å². The molecule has 1 fully saturated rings. The lowest BCUT2D eigenvalue weighted by Crippen LogP contribution is -2.63. The van der Waals surface area contributed by atoms with E-state index in [2.05, 4.69) is 0 Å². The molecule has 0 aliphatic carbocycles. The molecular formula is C19H21ClN2O4S. The molecule has 0 aromatic heterocycles. The Kier molecular flexibility index (Phi) is 5.20. The van der Waals surface area contributed by atoms with Crippen LogP contribution in [0, 0.1) is 0 Å². The summed E-state index contributed by atoms with van der Waals surface area (Å²) in [5.74, 6) is 0.880. The highest BCUT2D eigenvalue weighted by atomic mass is 35.5. The quantitative estimate of drug-likeness (QED) is 0.777. The molecule has 0 bridgehead atoms. The van der Waals surface area contributed by atoms with Gasteiger partial charge in [0.1, 0.15) is 17.0 Å². The van der Waals surface area contributed by atoms with E-state index in [1.807, 2.05) is 0 Å². The Labute approximate surface area is 164 Å². The summed E-state index contributed by atoms with van der Waals surface area (Å²) >= 11 is 5.85. The lowest BCUT2D eigenvalue weighted by molar-refractivity contribution is -0.142. The van der Waals surface area contributed by atoms with Gasteiger partial charge in [-0.2, -0.15) is 4.31 Å². The molecule has 0 atom stereocenters. The van der Waals surface area contributed by atoms with Gasteiger partial charge in [0, 0.05) is 25.2 Å². The maximum atomic E-state index is 13.1. The molecule has 1 heterocycles. The van der Waals surface area contributed by atoms with E-state index in [0.29, 0.717) is 23.1 Å². The van der Waals surface area contributed by atoms with E-state index in [1.54, 1.807) is 62.2 Å². The number of amides is 1. The van der Waals surface area contributed by atoms with E-state index in [1.165, 1.54) is 16.4 Å². The van der Waals surface area contributed by atoms with E-state index in [4.69, 9.17) is 16.3 Å². The van der Waals surface area contributed by atoms with Crippen molar-refractivity contribution in [1.82, 2.24) is 9.21 Å². The minimum atomic E-state index is -3.81. The molecule has 0 N–H and O–H groups in total. The van der Waals surface area contributed by atoms with Crippen molar-refractivity contribution in [1.29, 1.82) is 0 Å². The fourth-order valence-corrected chi connectivity index (χ4v) is 4.92. The summed E-state index contributed by atoms with van der Waals surface area (Å²) in [6.07, 6.45) is 0. The van der Waals surface area contributed by atoms with Crippen LogP contribution >= 0.6 is 11.6 Å². The maximum Gasteiger partial charge on any atom is 0.244 e. The summed E-state index contributed by atoms with van der Waals surface area (Å²) in [6.45, 7) is 3.86. The average molecular weight is 409 g/mol. The molecule has 6 nitrogen and oxygen atoms in total. The third kappa shape index (κ3) is 3.81. The summed E-state index contributed by atoms with van der Waals surface area (Å²) in [7, 11) is -2.13. The van der Waals surface area contributed by atoms with E-state index >= 15 is 0 Å². The molecule has 8 heteroatoms. The van der Waals surface area contributed by atoms with Crippen molar-refractivity contribution >= 4 is 27.5 Å². The number of halogens is 1. The second-order valence-electron chi connectivity index (χ2n) is 6.89. The van der Waals surface area contributed by atoms with Crippen LogP contribution in [0.25, 0.3) is 0 Å². The normalized spacial score (nSPS) is 17.8. The van der Waals surface area contributed by atoms with Crippen molar-refractivity contribution in [3.8, 4) is 11.5 Å². The fraction of sp³-hybridized carbons (Fsp3) is 0.316. The van der Waals surface area contributed by atoms with Gasteiger partial charge in [0.15, 0.2) is 0 Å². The topological polar surface area (TPSA) is 66.9 Å². The van der Waals surface area contributed by atoms with Crippen molar-refractivity contribution in [2.75, 3.05) is 20.1 Å². The Balaban J connectivity index is 1.83. The first-order valence-electron chi connectivity index (χ1n) is 8.44. The molecule has 27 heavy (non-hydrogen) atoms. The third-order valence-corrected chi connectivity index (χ3v) is 6.93. The highest BCUT2D eigenvalue weighted by molar-refractivity contribution is 7.89. The first kappa shape index (κ1) is 19.7. The van der Waals surface area contributed by atoms with Crippen LogP contribution < -0.4 is 4.74 Å². The second-order valence-corrected chi connectivity index (χ2v) is 9.19. The number of piperazine rings is 1.